The maximum atomic E-state index is 11.7. The van der Waals surface area contributed by atoms with Crippen LogP contribution in [0.2, 0.25) is 0 Å². The van der Waals surface area contributed by atoms with Gasteiger partial charge >= 0.3 is 0 Å². The molecule has 28 heavy (non-hydrogen) atoms. The van der Waals surface area contributed by atoms with E-state index >= 15 is 0 Å². The van der Waals surface area contributed by atoms with E-state index in [-0.39, 0.29) is 0 Å². The van der Waals surface area contributed by atoms with Crippen LogP contribution >= 0.6 is 0 Å². The van der Waals surface area contributed by atoms with Crippen LogP contribution in [-0.4, -0.2) is 25.7 Å². The Labute approximate surface area is 162 Å². The van der Waals surface area contributed by atoms with Gasteiger partial charge in [-0.25, -0.2) is 4.98 Å². The molecule has 4 aromatic rings. The van der Waals surface area contributed by atoms with Gasteiger partial charge in [-0.1, -0.05) is 43.3 Å². The van der Waals surface area contributed by atoms with Crippen LogP contribution in [0.25, 0.3) is 16.9 Å². The molecule has 0 aliphatic carbocycles. The Balaban J connectivity index is 1.72. The zero-order valence-corrected chi connectivity index (χ0v) is 15.5. The number of aryl methyl sites for hydroxylation is 1. The van der Waals surface area contributed by atoms with Crippen molar-refractivity contribution in [3.05, 3.63) is 77.6 Å². The third-order valence-electron chi connectivity index (χ3n) is 4.60. The quantitative estimate of drug-likeness (QED) is 0.542. The van der Waals surface area contributed by atoms with Gasteiger partial charge in [0.05, 0.1) is 17.3 Å². The van der Waals surface area contributed by atoms with Gasteiger partial charge in [-0.15, -0.1) is 0 Å². The second-order valence-electron chi connectivity index (χ2n) is 6.40. The molecule has 0 bridgehead atoms. The molecule has 2 heterocycles. The van der Waals surface area contributed by atoms with Gasteiger partial charge in [0, 0.05) is 23.7 Å². The molecule has 0 saturated heterocycles. The Morgan fingerprint density at radius 1 is 1.11 bits per heavy atom. The number of nitrogens with two attached hydrogens (primary N) is 1. The Bertz CT molecular complexity index is 1140. The van der Waals surface area contributed by atoms with Gasteiger partial charge in [-0.2, -0.15) is 14.8 Å². The molecule has 3 N–H and O–H groups in total. The standard InChI is InChI=1S/C21H20N6O/c1-2-15-12-24-21(26-20(15)23-11-14-7-4-3-5-8-14)27-18-10-6-9-16(19(22)28)17(18)13-25-27/h3-10,12-13H,2,11H2,1H3,(H2,22,28)(H,23,24,26). The predicted octanol–water partition coefficient (Wildman–Crippen LogP) is 3.09. The minimum absolute atomic E-state index is 0.427. The zero-order chi connectivity index (χ0) is 19.5. The normalized spacial score (nSPS) is 10.9. The van der Waals surface area contributed by atoms with Crippen molar-refractivity contribution in [2.24, 2.45) is 5.73 Å². The molecule has 7 heteroatoms. The van der Waals surface area contributed by atoms with Crippen molar-refractivity contribution in [3.8, 4) is 5.95 Å². The number of primary amides is 1. The van der Waals surface area contributed by atoms with E-state index in [0.717, 1.165) is 23.3 Å². The van der Waals surface area contributed by atoms with Crippen molar-refractivity contribution in [1.29, 1.82) is 0 Å². The van der Waals surface area contributed by atoms with Gasteiger partial charge in [0.25, 0.3) is 5.95 Å². The smallest absolute Gasteiger partial charge is 0.253 e. The number of amides is 1. The lowest BCUT2D eigenvalue weighted by Crippen LogP contribution is -2.11. The molecular weight excluding hydrogens is 352 g/mol. The van der Waals surface area contributed by atoms with E-state index in [1.54, 1.807) is 29.2 Å². The van der Waals surface area contributed by atoms with E-state index in [2.05, 4.69) is 39.4 Å². The summed E-state index contributed by atoms with van der Waals surface area (Å²) in [6, 6.07) is 15.5. The average Bonchev–Trinajstić information content (AvgIpc) is 3.17. The number of aromatic nitrogens is 4. The minimum atomic E-state index is -0.488. The number of rotatable bonds is 6. The van der Waals surface area contributed by atoms with Crippen LogP contribution in [0, 0.1) is 0 Å². The summed E-state index contributed by atoms with van der Waals surface area (Å²) in [5.74, 6) is 0.716. The molecule has 7 nitrogen and oxygen atoms in total. The molecular formula is C21H20N6O. The first kappa shape index (κ1) is 17.7. The summed E-state index contributed by atoms with van der Waals surface area (Å²) in [4.78, 5) is 20.8. The topological polar surface area (TPSA) is 98.7 Å². The van der Waals surface area contributed by atoms with Crippen LogP contribution in [-0.2, 0) is 13.0 Å². The monoisotopic (exact) mass is 372 g/mol. The molecule has 140 valence electrons. The Morgan fingerprint density at radius 3 is 2.68 bits per heavy atom. The minimum Gasteiger partial charge on any atom is -0.366 e. The molecule has 0 aliphatic heterocycles. The lowest BCUT2D eigenvalue weighted by molar-refractivity contribution is 0.100. The van der Waals surface area contributed by atoms with Crippen LogP contribution in [0.15, 0.2) is 60.9 Å². The second kappa shape index (κ2) is 7.48. The molecule has 0 spiro atoms. The Morgan fingerprint density at radius 2 is 1.93 bits per heavy atom. The second-order valence-corrected chi connectivity index (χ2v) is 6.40. The van der Waals surface area contributed by atoms with Gasteiger partial charge in [-0.05, 0) is 24.1 Å². The maximum Gasteiger partial charge on any atom is 0.253 e. The first-order valence-corrected chi connectivity index (χ1v) is 9.08. The van der Waals surface area contributed by atoms with Crippen molar-refractivity contribution in [2.75, 3.05) is 5.32 Å². The molecule has 0 radical (unpaired) electrons. The lowest BCUT2D eigenvalue weighted by atomic mass is 10.1. The molecule has 0 atom stereocenters. The Hall–Kier alpha value is -3.74. The molecule has 0 fully saturated rings. The van der Waals surface area contributed by atoms with E-state index in [0.29, 0.717) is 23.4 Å². The fourth-order valence-corrected chi connectivity index (χ4v) is 3.12. The van der Waals surface area contributed by atoms with Gasteiger partial charge in [0.15, 0.2) is 0 Å². The summed E-state index contributed by atoms with van der Waals surface area (Å²) < 4.78 is 1.62. The average molecular weight is 372 g/mol. The van der Waals surface area contributed by atoms with Crippen LogP contribution < -0.4 is 11.1 Å². The number of hydrogen-bond donors (Lipinski definition) is 2. The van der Waals surface area contributed by atoms with Crippen molar-refractivity contribution >= 4 is 22.6 Å². The van der Waals surface area contributed by atoms with E-state index < -0.39 is 5.91 Å². The SMILES string of the molecule is CCc1cnc(-n2ncc3c(C(N)=O)cccc32)nc1NCc1ccccc1. The molecule has 0 unspecified atom stereocenters. The van der Waals surface area contributed by atoms with Crippen molar-refractivity contribution in [1.82, 2.24) is 19.7 Å². The van der Waals surface area contributed by atoms with Crippen molar-refractivity contribution in [2.45, 2.75) is 19.9 Å². The highest BCUT2D eigenvalue weighted by Gasteiger charge is 2.14. The van der Waals surface area contributed by atoms with Crippen molar-refractivity contribution < 1.29 is 4.79 Å². The number of anilines is 1. The van der Waals surface area contributed by atoms with E-state index in [9.17, 15) is 4.79 Å². The number of hydrogen-bond acceptors (Lipinski definition) is 5. The number of nitrogens with zero attached hydrogens (tertiary/aromatic N) is 4. The van der Waals surface area contributed by atoms with E-state index in [1.165, 1.54) is 5.56 Å². The highest BCUT2D eigenvalue weighted by atomic mass is 16.1. The van der Waals surface area contributed by atoms with Gasteiger partial charge in [0.1, 0.15) is 5.82 Å². The van der Waals surface area contributed by atoms with Gasteiger partial charge in [0.2, 0.25) is 5.91 Å². The zero-order valence-electron chi connectivity index (χ0n) is 15.5. The molecule has 2 aromatic carbocycles. The number of carbonyl (C=O) groups excluding carboxylic acids is 1. The summed E-state index contributed by atoms with van der Waals surface area (Å²) in [7, 11) is 0. The number of benzene rings is 2. The van der Waals surface area contributed by atoms with Gasteiger partial charge in [-0.3, -0.25) is 4.79 Å². The Kier molecular flexibility index (Phi) is 4.72. The van der Waals surface area contributed by atoms with Gasteiger partial charge < -0.3 is 11.1 Å². The summed E-state index contributed by atoms with van der Waals surface area (Å²) in [5, 5.41) is 8.45. The lowest BCUT2D eigenvalue weighted by Gasteiger charge is -2.12. The summed E-state index contributed by atoms with van der Waals surface area (Å²) >= 11 is 0. The molecule has 2 aromatic heterocycles. The maximum absolute atomic E-state index is 11.7. The first-order chi connectivity index (χ1) is 13.7. The molecule has 0 aliphatic rings. The molecule has 4 rings (SSSR count). The van der Waals surface area contributed by atoms with E-state index in [4.69, 9.17) is 5.73 Å². The number of nitrogens with one attached hydrogen (secondary N) is 1. The highest BCUT2D eigenvalue weighted by molar-refractivity contribution is 6.05. The number of carbonyl (C=O) groups is 1. The number of fused-ring (bicyclic) bond motifs is 1. The highest BCUT2D eigenvalue weighted by Crippen LogP contribution is 2.22. The van der Waals surface area contributed by atoms with Crippen molar-refractivity contribution in [3.63, 3.8) is 0 Å². The van der Waals surface area contributed by atoms with Crippen LogP contribution in [0.4, 0.5) is 5.82 Å². The fourth-order valence-electron chi connectivity index (χ4n) is 3.12. The van der Waals surface area contributed by atoms with Crippen LogP contribution in [0.3, 0.4) is 0 Å². The van der Waals surface area contributed by atoms with Crippen LogP contribution in [0.5, 0.6) is 0 Å². The van der Waals surface area contributed by atoms with E-state index in [1.807, 2.05) is 24.3 Å². The molecule has 0 saturated carbocycles. The fraction of sp³-hybridized carbons (Fsp3) is 0.143. The summed E-state index contributed by atoms with van der Waals surface area (Å²) in [5.41, 5.74) is 8.81. The summed E-state index contributed by atoms with van der Waals surface area (Å²) in [6.07, 6.45) is 4.23. The first-order valence-electron chi connectivity index (χ1n) is 9.08. The van der Waals surface area contributed by atoms with Crippen LogP contribution in [0.1, 0.15) is 28.4 Å². The third-order valence-corrected chi connectivity index (χ3v) is 4.60. The largest absolute Gasteiger partial charge is 0.366 e. The molecule has 1 amide bonds. The predicted molar refractivity (Wildman–Crippen MR) is 108 cm³/mol. The summed E-state index contributed by atoms with van der Waals surface area (Å²) in [6.45, 7) is 2.73. The third kappa shape index (κ3) is 3.29.